The van der Waals surface area contributed by atoms with E-state index in [0.29, 0.717) is 26.1 Å². The zero-order chi connectivity index (χ0) is 16.7. The summed E-state index contributed by atoms with van der Waals surface area (Å²) >= 11 is 0. The summed E-state index contributed by atoms with van der Waals surface area (Å²) in [7, 11) is 0. The second-order valence-corrected chi connectivity index (χ2v) is 8.52. The Balaban J connectivity index is 2.12. The third-order valence-corrected chi connectivity index (χ3v) is 4.23. The maximum absolute atomic E-state index is 12.6. The third-order valence-electron chi connectivity index (χ3n) is 4.23. The van der Waals surface area contributed by atoms with E-state index >= 15 is 0 Å². The predicted molar refractivity (Wildman–Crippen MR) is 83.7 cm³/mol. The molecule has 2 bridgehead atoms. The van der Waals surface area contributed by atoms with Crippen LogP contribution < -0.4 is 0 Å². The molecule has 0 radical (unpaired) electrons. The lowest BCUT2D eigenvalue weighted by atomic mass is 9.75. The van der Waals surface area contributed by atoms with Crippen molar-refractivity contribution < 1.29 is 19.1 Å². The highest BCUT2D eigenvalue weighted by atomic mass is 16.6. The largest absolute Gasteiger partial charge is 0.444 e. The van der Waals surface area contributed by atoms with E-state index < -0.39 is 5.60 Å². The molecule has 0 spiro atoms. The van der Waals surface area contributed by atoms with Crippen LogP contribution in [0.3, 0.4) is 0 Å². The van der Waals surface area contributed by atoms with Gasteiger partial charge in [0, 0.05) is 11.3 Å². The van der Waals surface area contributed by atoms with Crippen LogP contribution in [0.1, 0.15) is 54.4 Å². The minimum absolute atomic E-state index is 0.0117. The van der Waals surface area contributed by atoms with E-state index in [1.54, 1.807) is 4.90 Å². The van der Waals surface area contributed by atoms with Crippen molar-refractivity contribution in [1.29, 1.82) is 0 Å². The molecule has 0 aromatic rings. The first-order valence-electron chi connectivity index (χ1n) is 8.12. The van der Waals surface area contributed by atoms with Gasteiger partial charge in [-0.15, -0.1) is 0 Å². The smallest absolute Gasteiger partial charge is 0.410 e. The first kappa shape index (κ1) is 17.3. The number of fused-ring (bicyclic) bond motifs is 2. The average molecular weight is 311 g/mol. The van der Waals surface area contributed by atoms with Crippen LogP contribution in [0.25, 0.3) is 0 Å². The minimum Gasteiger partial charge on any atom is -0.444 e. The molecule has 2 heterocycles. The Morgan fingerprint density at radius 1 is 1.00 bits per heavy atom. The summed E-state index contributed by atoms with van der Waals surface area (Å²) in [5.74, 6) is 0.297. The molecule has 1 amide bonds. The average Bonchev–Trinajstić information content (AvgIpc) is 2.32. The molecule has 5 nitrogen and oxygen atoms in total. The number of morpholine rings is 1. The molecule has 2 atom stereocenters. The van der Waals surface area contributed by atoms with Crippen molar-refractivity contribution in [1.82, 2.24) is 4.90 Å². The third kappa shape index (κ3) is 3.80. The quantitative estimate of drug-likeness (QED) is 0.747. The number of amides is 1. The molecule has 2 saturated heterocycles. The van der Waals surface area contributed by atoms with Gasteiger partial charge >= 0.3 is 6.09 Å². The fourth-order valence-corrected chi connectivity index (χ4v) is 3.35. The van der Waals surface area contributed by atoms with Crippen LogP contribution in [-0.4, -0.2) is 47.7 Å². The van der Waals surface area contributed by atoms with Crippen LogP contribution in [0.5, 0.6) is 0 Å². The van der Waals surface area contributed by atoms with E-state index in [1.165, 1.54) is 0 Å². The normalized spacial score (nSPS) is 29.2. The van der Waals surface area contributed by atoms with E-state index in [9.17, 15) is 9.59 Å². The van der Waals surface area contributed by atoms with Crippen LogP contribution in [0, 0.1) is 11.3 Å². The number of ether oxygens (including phenoxy) is 2. The Hall–Kier alpha value is -1.10. The number of hydrogen-bond donors (Lipinski definition) is 0. The van der Waals surface area contributed by atoms with Crippen molar-refractivity contribution in [3.63, 3.8) is 0 Å². The maximum Gasteiger partial charge on any atom is 0.410 e. The van der Waals surface area contributed by atoms with Gasteiger partial charge in [0.2, 0.25) is 0 Å². The Bertz CT molecular complexity index is 433. The van der Waals surface area contributed by atoms with Crippen molar-refractivity contribution in [2.45, 2.75) is 72.1 Å². The highest BCUT2D eigenvalue weighted by Crippen LogP contribution is 2.36. The predicted octanol–water partition coefficient (Wildman–Crippen LogP) is 3.02. The molecular formula is C17H29NO4. The summed E-state index contributed by atoms with van der Waals surface area (Å²) in [6, 6.07) is -0.114. The van der Waals surface area contributed by atoms with Crippen LogP contribution in [0.15, 0.2) is 0 Å². The molecule has 126 valence electrons. The summed E-state index contributed by atoms with van der Waals surface area (Å²) in [6.45, 7) is 12.5. The van der Waals surface area contributed by atoms with E-state index in [-0.39, 0.29) is 35.3 Å². The molecule has 0 aromatic carbocycles. The summed E-state index contributed by atoms with van der Waals surface area (Å²) in [5, 5.41) is 0. The zero-order valence-corrected chi connectivity index (χ0v) is 14.6. The molecule has 0 aromatic heterocycles. The van der Waals surface area contributed by atoms with Crippen molar-refractivity contribution >= 4 is 11.9 Å². The van der Waals surface area contributed by atoms with Crippen molar-refractivity contribution in [3.8, 4) is 0 Å². The molecular weight excluding hydrogens is 282 g/mol. The fourth-order valence-electron chi connectivity index (χ4n) is 3.35. The number of carbonyl (C=O) groups excluding carboxylic acids is 2. The molecule has 0 saturated carbocycles. The molecule has 5 heteroatoms. The van der Waals surface area contributed by atoms with Crippen molar-refractivity contribution in [2.24, 2.45) is 11.3 Å². The number of carbonyl (C=O) groups is 2. The lowest BCUT2D eigenvalue weighted by molar-refractivity contribution is -0.139. The van der Waals surface area contributed by atoms with Crippen LogP contribution in [-0.2, 0) is 14.3 Å². The van der Waals surface area contributed by atoms with E-state index in [1.807, 2.05) is 41.5 Å². The Morgan fingerprint density at radius 2 is 1.50 bits per heavy atom. The summed E-state index contributed by atoms with van der Waals surface area (Å²) in [5.41, 5.74) is -0.849. The van der Waals surface area contributed by atoms with Gasteiger partial charge < -0.3 is 9.47 Å². The fraction of sp³-hybridized carbons (Fsp3) is 0.882. The molecule has 0 N–H and O–H groups in total. The van der Waals surface area contributed by atoms with E-state index in [0.717, 1.165) is 0 Å². The zero-order valence-electron chi connectivity index (χ0n) is 14.6. The molecule has 2 rings (SSSR count). The van der Waals surface area contributed by atoms with Crippen molar-refractivity contribution in [3.05, 3.63) is 0 Å². The number of rotatable bonds is 1. The monoisotopic (exact) mass is 311 g/mol. The molecule has 0 aliphatic carbocycles. The summed E-state index contributed by atoms with van der Waals surface area (Å²) in [6.07, 6.45) is 1.06. The van der Waals surface area contributed by atoms with E-state index in [4.69, 9.17) is 9.47 Å². The number of Topliss-reactive ketones (excluding diaryl/α,β-unsaturated/α-hetero) is 1. The van der Waals surface area contributed by atoms with Crippen LogP contribution in [0.4, 0.5) is 4.79 Å². The van der Waals surface area contributed by atoms with Gasteiger partial charge in [-0.2, -0.15) is 0 Å². The highest BCUT2D eigenvalue weighted by Gasteiger charge is 2.46. The number of hydrogen-bond acceptors (Lipinski definition) is 4. The van der Waals surface area contributed by atoms with Gasteiger partial charge in [0.15, 0.2) is 0 Å². The summed E-state index contributed by atoms with van der Waals surface area (Å²) in [4.78, 5) is 26.9. The summed E-state index contributed by atoms with van der Waals surface area (Å²) < 4.78 is 11.1. The van der Waals surface area contributed by atoms with Gasteiger partial charge in [-0.25, -0.2) is 4.79 Å². The Morgan fingerprint density at radius 3 is 1.91 bits per heavy atom. The maximum atomic E-state index is 12.6. The Labute approximate surface area is 133 Å². The SMILES string of the molecule is CC(C)(C)OC(=O)N1C2COCC1CC(C(=O)C(C)(C)C)C2. The van der Waals surface area contributed by atoms with Gasteiger partial charge in [0.1, 0.15) is 11.4 Å². The van der Waals surface area contributed by atoms with Gasteiger partial charge in [0.05, 0.1) is 25.3 Å². The second kappa shape index (κ2) is 5.84. The molecule has 2 aliphatic heterocycles. The molecule has 2 fully saturated rings. The second-order valence-electron chi connectivity index (χ2n) is 8.52. The van der Waals surface area contributed by atoms with Crippen LogP contribution in [0.2, 0.25) is 0 Å². The first-order valence-corrected chi connectivity index (χ1v) is 8.12. The number of nitrogens with zero attached hydrogens (tertiary/aromatic N) is 1. The molecule has 2 aliphatic rings. The molecule has 2 unspecified atom stereocenters. The molecule has 22 heavy (non-hydrogen) atoms. The minimum atomic E-state index is -0.510. The van der Waals surface area contributed by atoms with E-state index in [2.05, 4.69) is 0 Å². The first-order chi connectivity index (χ1) is 9.99. The lowest BCUT2D eigenvalue weighted by Crippen LogP contribution is -2.61. The Kier molecular flexibility index (Phi) is 4.58. The van der Waals surface area contributed by atoms with Gasteiger partial charge in [-0.3, -0.25) is 9.69 Å². The number of ketones is 1. The highest BCUT2D eigenvalue weighted by molar-refractivity contribution is 5.86. The lowest BCUT2D eigenvalue weighted by Gasteiger charge is -2.48. The van der Waals surface area contributed by atoms with Crippen molar-refractivity contribution in [2.75, 3.05) is 13.2 Å². The number of piperidine rings is 1. The van der Waals surface area contributed by atoms with Gasteiger partial charge in [0.25, 0.3) is 0 Å². The van der Waals surface area contributed by atoms with Gasteiger partial charge in [-0.05, 0) is 33.6 Å². The van der Waals surface area contributed by atoms with Crippen LogP contribution >= 0.6 is 0 Å². The topological polar surface area (TPSA) is 55.8 Å². The standard InChI is InChI=1S/C17H29NO4/c1-16(2,3)14(19)11-7-12-9-21-10-13(8-11)18(12)15(20)22-17(4,5)6/h11-13H,7-10H2,1-6H3. The van der Waals surface area contributed by atoms with Gasteiger partial charge in [-0.1, -0.05) is 20.8 Å².